The van der Waals surface area contributed by atoms with Crippen molar-refractivity contribution >= 4 is 18.5 Å². The third kappa shape index (κ3) is 4.98. The van der Waals surface area contributed by atoms with E-state index in [1.54, 1.807) is 12.1 Å². The maximum Gasteiger partial charge on any atom is 0.109 e. The molecule has 0 rings (SSSR count). The Kier molecular flexibility index (Phi) is 7.00. The smallest absolute Gasteiger partial charge is 0.109 e. The zero-order chi connectivity index (χ0) is 10.4. The molecule has 0 saturated carbocycles. The monoisotopic (exact) mass is 217 g/mol. The van der Waals surface area contributed by atoms with Gasteiger partial charge in [-0.2, -0.15) is 0 Å². The molecule has 0 bridgehead atoms. The second kappa shape index (κ2) is 6.79. The summed E-state index contributed by atoms with van der Waals surface area (Å²) in [5, 5.41) is 0. The van der Waals surface area contributed by atoms with Gasteiger partial charge in [-0.1, -0.05) is 52.9 Å². The van der Waals surface area contributed by atoms with E-state index in [0.717, 1.165) is 12.1 Å². The molecule has 3 heteroatoms. The van der Waals surface area contributed by atoms with E-state index in [1.165, 1.54) is 0 Å². The highest BCUT2D eigenvalue weighted by molar-refractivity contribution is 6.56. The molecule has 0 heterocycles. The van der Waals surface area contributed by atoms with E-state index in [1.807, 2.05) is 0 Å². The molecule has 80 valence electrons. The lowest BCUT2D eigenvalue weighted by Crippen LogP contribution is -2.46. The van der Waals surface area contributed by atoms with Crippen molar-refractivity contribution in [2.75, 3.05) is 0 Å². The summed E-state index contributed by atoms with van der Waals surface area (Å²) in [7, 11) is -0.284. The van der Waals surface area contributed by atoms with E-state index in [0.29, 0.717) is 9.52 Å². The molecule has 0 saturated heterocycles. The van der Waals surface area contributed by atoms with Gasteiger partial charge in [0.05, 0.1) is 0 Å². The van der Waals surface area contributed by atoms with E-state index in [9.17, 15) is 0 Å². The van der Waals surface area contributed by atoms with Gasteiger partial charge in [-0.05, 0) is 12.1 Å². The van der Waals surface area contributed by atoms with Gasteiger partial charge in [-0.3, -0.25) is 0 Å². The van der Waals surface area contributed by atoms with Crippen molar-refractivity contribution in [1.82, 2.24) is 4.57 Å². The van der Waals surface area contributed by atoms with Gasteiger partial charge in [0.15, 0.2) is 0 Å². The van der Waals surface area contributed by atoms with Crippen LogP contribution in [0.15, 0.2) is 0 Å². The van der Waals surface area contributed by atoms with Gasteiger partial charge in [-0.25, -0.2) is 0 Å². The molecule has 1 atom stereocenters. The van der Waals surface area contributed by atoms with E-state index < -0.39 is 8.96 Å². The van der Waals surface area contributed by atoms with E-state index in [4.69, 9.17) is 0 Å². The van der Waals surface area contributed by atoms with Crippen LogP contribution in [0, 0.1) is 0 Å². The molecule has 0 radical (unpaired) electrons. The minimum Gasteiger partial charge on any atom is -0.322 e. The van der Waals surface area contributed by atoms with Crippen LogP contribution in [0.1, 0.15) is 27.7 Å². The zero-order valence-electron chi connectivity index (χ0n) is 10.3. The lowest BCUT2D eigenvalue weighted by molar-refractivity contribution is 0.303. The second-order valence-corrected chi connectivity index (χ2v) is 9.20. The first-order valence-corrected chi connectivity index (χ1v) is 10.7. The fourth-order valence-corrected chi connectivity index (χ4v) is 8.59. The summed E-state index contributed by atoms with van der Waals surface area (Å²) < 4.78 is 2.77. The Hall–Kier alpha value is 0.394. The van der Waals surface area contributed by atoms with Crippen LogP contribution in [0.4, 0.5) is 0 Å². The molecule has 0 aliphatic carbocycles. The number of rotatable bonds is 6. The Morgan fingerprint density at radius 3 is 1.92 bits per heavy atom. The molecule has 0 aromatic carbocycles. The van der Waals surface area contributed by atoms with Gasteiger partial charge in [0.1, 0.15) is 8.96 Å². The summed E-state index contributed by atoms with van der Waals surface area (Å²) in [4.78, 5) is 0. The van der Waals surface area contributed by atoms with Gasteiger partial charge in [0.2, 0.25) is 0 Å². The Balaban J connectivity index is 4.04. The van der Waals surface area contributed by atoms with Crippen LogP contribution in [-0.4, -0.2) is 35.1 Å². The third-order valence-electron chi connectivity index (χ3n) is 2.68. The van der Waals surface area contributed by atoms with Crippen LogP contribution in [0.25, 0.3) is 0 Å². The average Bonchev–Trinajstić information content (AvgIpc) is 1.99. The third-order valence-corrected chi connectivity index (χ3v) is 8.06. The predicted octanol–water partition coefficient (Wildman–Crippen LogP) is 2.09. The summed E-state index contributed by atoms with van der Waals surface area (Å²) in [6.45, 7) is 14.3. The Morgan fingerprint density at radius 1 is 1.15 bits per heavy atom. The summed E-state index contributed by atoms with van der Waals surface area (Å²) in [6.07, 6.45) is 0. The highest BCUT2D eigenvalue weighted by Gasteiger charge is 2.20. The van der Waals surface area contributed by atoms with Crippen LogP contribution in [0.3, 0.4) is 0 Å². The molecular weight excluding hydrogens is 190 g/mol. The molecule has 13 heavy (non-hydrogen) atoms. The first-order chi connectivity index (χ1) is 6.00. The van der Waals surface area contributed by atoms with Crippen molar-refractivity contribution in [3.05, 3.63) is 0 Å². The quantitative estimate of drug-likeness (QED) is 0.616. The minimum absolute atomic E-state index is 0.298. The summed E-state index contributed by atoms with van der Waals surface area (Å²) in [5.74, 6) is 0. The van der Waals surface area contributed by atoms with E-state index in [-0.39, 0.29) is 0 Å². The number of nitrogens with zero attached hydrogens (tertiary/aromatic N) is 1. The SMILES string of the molecule is C[SiH2]CC[SiH](C)N(C(C)C)C(C)C. The molecular formula is C10H27NSi2. The van der Waals surface area contributed by atoms with Crippen molar-refractivity contribution in [2.45, 2.75) is 65.0 Å². The molecule has 1 nitrogen and oxygen atoms in total. The largest absolute Gasteiger partial charge is 0.322 e. The minimum atomic E-state index is -0.582. The van der Waals surface area contributed by atoms with Gasteiger partial charge in [-0.15, -0.1) is 0 Å². The molecule has 0 aliphatic rings. The predicted molar refractivity (Wildman–Crippen MR) is 69.1 cm³/mol. The molecule has 0 amide bonds. The number of hydrogen-bond donors (Lipinski definition) is 0. The lowest BCUT2D eigenvalue weighted by Gasteiger charge is -2.35. The molecule has 0 aromatic heterocycles. The zero-order valence-corrected chi connectivity index (χ0v) is 12.9. The number of hydrogen-bond acceptors (Lipinski definition) is 1. The van der Waals surface area contributed by atoms with Crippen molar-refractivity contribution in [3.8, 4) is 0 Å². The normalized spacial score (nSPS) is 15.5. The summed E-state index contributed by atoms with van der Waals surface area (Å²) >= 11 is 0. The Labute approximate surface area is 88.4 Å². The van der Waals surface area contributed by atoms with Crippen LogP contribution in [0.5, 0.6) is 0 Å². The first kappa shape index (κ1) is 13.4. The molecule has 0 aromatic rings. The van der Waals surface area contributed by atoms with Crippen LogP contribution in [0.2, 0.25) is 25.2 Å². The molecule has 0 N–H and O–H groups in total. The molecule has 0 aliphatic heterocycles. The topological polar surface area (TPSA) is 3.24 Å². The highest BCUT2D eigenvalue weighted by Crippen LogP contribution is 2.12. The van der Waals surface area contributed by atoms with Crippen molar-refractivity contribution < 1.29 is 0 Å². The first-order valence-electron chi connectivity index (χ1n) is 5.78. The van der Waals surface area contributed by atoms with Gasteiger partial charge >= 0.3 is 0 Å². The van der Waals surface area contributed by atoms with Gasteiger partial charge in [0.25, 0.3) is 0 Å². The maximum atomic E-state index is 2.77. The standard InChI is InChI=1S/C10H27NSi2/c1-9(2)11(10(3)4)13(6)8-7-12-5/h9-10,13H,7-8,12H2,1-6H3. The molecule has 0 fully saturated rings. The summed E-state index contributed by atoms with van der Waals surface area (Å²) in [5.41, 5.74) is 0. The van der Waals surface area contributed by atoms with Crippen molar-refractivity contribution in [1.29, 1.82) is 0 Å². The van der Waals surface area contributed by atoms with Crippen LogP contribution >= 0.6 is 0 Å². The maximum absolute atomic E-state index is 2.77. The fourth-order valence-electron chi connectivity index (χ4n) is 2.26. The molecule has 0 spiro atoms. The van der Waals surface area contributed by atoms with Gasteiger partial charge < -0.3 is 4.57 Å². The summed E-state index contributed by atoms with van der Waals surface area (Å²) in [6, 6.07) is 4.60. The molecule has 1 unspecified atom stereocenters. The average molecular weight is 218 g/mol. The second-order valence-electron chi connectivity index (χ2n) is 4.63. The van der Waals surface area contributed by atoms with E-state index >= 15 is 0 Å². The highest BCUT2D eigenvalue weighted by atomic mass is 28.3. The van der Waals surface area contributed by atoms with E-state index in [2.05, 4.69) is 45.4 Å². The van der Waals surface area contributed by atoms with Crippen LogP contribution < -0.4 is 0 Å². The Bertz CT molecular complexity index is 118. The lowest BCUT2D eigenvalue weighted by atomic mass is 10.3. The van der Waals surface area contributed by atoms with Gasteiger partial charge in [0, 0.05) is 9.52 Å². The Morgan fingerprint density at radius 2 is 1.62 bits per heavy atom. The van der Waals surface area contributed by atoms with Crippen LogP contribution in [-0.2, 0) is 0 Å². The fraction of sp³-hybridized carbons (Fsp3) is 1.00. The van der Waals surface area contributed by atoms with Crippen molar-refractivity contribution in [2.24, 2.45) is 0 Å². The van der Waals surface area contributed by atoms with Crippen molar-refractivity contribution in [3.63, 3.8) is 0 Å².